The molecular weight excluding hydrogens is 214 g/mol. The number of ether oxygens (including phenoxy) is 2. The minimum Gasteiger partial charge on any atom is -0.497 e. The smallest absolute Gasteiger partial charge is 0.118 e. The van der Waals surface area contributed by atoms with Gasteiger partial charge in [-0.3, -0.25) is 0 Å². The first kappa shape index (κ1) is 12.4. The fourth-order valence-electron chi connectivity index (χ4n) is 2.26. The zero-order chi connectivity index (χ0) is 12.1. The van der Waals surface area contributed by atoms with Crippen LogP contribution in [0.3, 0.4) is 0 Å². The third-order valence-electron chi connectivity index (χ3n) is 3.33. The van der Waals surface area contributed by atoms with Gasteiger partial charge in [0.1, 0.15) is 5.75 Å². The van der Waals surface area contributed by atoms with Crippen molar-refractivity contribution in [1.29, 1.82) is 0 Å². The van der Waals surface area contributed by atoms with Crippen molar-refractivity contribution in [2.45, 2.75) is 37.8 Å². The highest BCUT2D eigenvalue weighted by Crippen LogP contribution is 2.24. The Labute approximate surface area is 103 Å². The molecule has 0 aromatic heterocycles. The lowest BCUT2D eigenvalue weighted by Gasteiger charge is -2.25. The molecular formula is C14H21NO2. The highest BCUT2D eigenvalue weighted by atomic mass is 16.5. The summed E-state index contributed by atoms with van der Waals surface area (Å²) in [7, 11) is 1.67. The number of nitrogens with two attached hydrogens (primary N) is 1. The second-order valence-corrected chi connectivity index (χ2v) is 4.60. The molecule has 0 spiro atoms. The van der Waals surface area contributed by atoms with Crippen LogP contribution in [0.15, 0.2) is 24.3 Å². The van der Waals surface area contributed by atoms with E-state index in [2.05, 4.69) is 0 Å². The molecule has 1 heterocycles. The fraction of sp³-hybridized carbons (Fsp3) is 0.571. The van der Waals surface area contributed by atoms with Crippen molar-refractivity contribution in [1.82, 2.24) is 0 Å². The standard InChI is InChI=1S/C14H21NO2/c1-16-12-7-5-11(6-8-12)14(15)10-13-4-2-3-9-17-13/h5-8,13-14H,2-4,9-10,15H2,1H3. The summed E-state index contributed by atoms with van der Waals surface area (Å²) < 4.78 is 10.8. The Balaban J connectivity index is 1.91. The summed E-state index contributed by atoms with van der Waals surface area (Å²) in [6.07, 6.45) is 4.84. The molecule has 0 amide bonds. The Morgan fingerprint density at radius 1 is 1.35 bits per heavy atom. The largest absolute Gasteiger partial charge is 0.497 e. The van der Waals surface area contributed by atoms with Gasteiger partial charge in [-0.25, -0.2) is 0 Å². The van der Waals surface area contributed by atoms with Gasteiger partial charge in [0, 0.05) is 12.6 Å². The van der Waals surface area contributed by atoms with Crippen molar-refractivity contribution < 1.29 is 9.47 Å². The van der Waals surface area contributed by atoms with Gasteiger partial charge in [-0.1, -0.05) is 12.1 Å². The van der Waals surface area contributed by atoms with E-state index in [-0.39, 0.29) is 6.04 Å². The monoisotopic (exact) mass is 235 g/mol. The first-order chi connectivity index (χ1) is 8.29. The van der Waals surface area contributed by atoms with Crippen LogP contribution in [-0.2, 0) is 4.74 Å². The Morgan fingerprint density at radius 2 is 2.12 bits per heavy atom. The van der Waals surface area contributed by atoms with Crippen LogP contribution in [0.1, 0.15) is 37.3 Å². The van der Waals surface area contributed by atoms with E-state index in [4.69, 9.17) is 15.2 Å². The van der Waals surface area contributed by atoms with E-state index in [9.17, 15) is 0 Å². The molecule has 0 aliphatic carbocycles. The number of benzene rings is 1. The van der Waals surface area contributed by atoms with Gasteiger partial charge in [0.2, 0.25) is 0 Å². The van der Waals surface area contributed by atoms with Gasteiger partial charge < -0.3 is 15.2 Å². The molecule has 1 aromatic rings. The van der Waals surface area contributed by atoms with Crippen molar-refractivity contribution in [2.24, 2.45) is 5.73 Å². The number of hydrogen-bond acceptors (Lipinski definition) is 3. The number of rotatable bonds is 4. The normalized spacial score (nSPS) is 22.1. The fourth-order valence-corrected chi connectivity index (χ4v) is 2.26. The van der Waals surface area contributed by atoms with Gasteiger partial charge in [0.05, 0.1) is 13.2 Å². The Hall–Kier alpha value is -1.06. The second kappa shape index (κ2) is 6.03. The van der Waals surface area contributed by atoms with E-state index in [1.807, 2.05) is 24.3 Å². The quantitative estimate of drug-likeness (QED) is 0.872. The van der Waals surface area contributed by atoms with Crippen LogP contribution in [-0.4, -0.2) is 19.8 Å². The Morgan fingerprint density at radius 3 is 2.71 bits per heavy atom. The summed E-state index contributed by atoms with van der Waals surface area (Å²) in [5, 5.41) is 0. The third-order valence-corrected chi connectivity index (χ3v) is 3.33. The summed E-state index contributed by atoms with van der Waals surface area (Å²) in [4.78, 5) is 0. The summed E-state index contributed by atoms with van der Waals surface area (Å²) in [6, 6.07) is 8.04. The third kappa shape index (κ3) is 3.45. The lowest BCUT2D eigenvalue weighted by Crippen LogP contribution is -2.24. The first-order valence-electron chi connectivity index (χ1n) is 6.30. The lowest BCUT2D eigenvalue weighted by atomic mass is 9.97. The van der Waals surface area contributed by atoms with Gasteiger partial charge in [0.15, 0.2) is 0 Å². The van der Waals surface area contributed by atoms with Gasteiger partial charge in [-0.15, -0.1) is 0 Å². The van der Waals surface area contributed by atoms with Crippen LogP contribution >= 0.6 is 0 Å². The molecule has 1 aliphatic rings. The predicted octanol–water partition coefficient (Wildman–Crippen LogP) is 2.65. The summed E-state index contributed by atoms with van der Waals surface area (Å²) >= 11 is 0. The minimum atomic E-state index is 0.0593. The minimum absolute atomic E-state index is 0.0593. The molecule has 1 fully saturated rings. The average Bonchev–Trinajstić information content (AvgIpc) is 2.40. The molecule has 0 radical (unpaired) electrons. The van der Waals surface area contributed by atoms with Crippen molar-refractivity contribution in [3.63, 3.8) is 0 Å². The number of hydrogen-bond donors (Lipinski definition) is 1. The van der Waals surface area contributed by atoms with E-state index >= 15 is 0 Å². The van der Waals surface area contributed by atoms with Crippen LogP contribution in [0.25, 0.3) is 0 Å². The maximum Gasteiger partial charge on any atom is 0.118 e. The van der Waals surface area contributed by atoms with Crippen LogP contribution in [0, 0.1) is 0 Å². The van der Waals surface area contributed by atoms with Crippen LogP contribution in [0.5, 0.6) is 5.75 Å². The SMILES string of the molecule is COc1ccc(C(N)CC2CCCCO2)cc1. The van der Waals surface area contributed by atoms with Crippen molar-refractivity contribution in [2.75, 3.05) is 13.7 Å². The maximum absolute atomic E-state index is 6.20. The Bertz CT molecular complexity index is 331. The topological polar surface area (TPSA) is 44.5 Å². The molecule has 3 nitrogen and oxygen atoms in total. The van der Waals surface area contributed by atoms with Gasteiger partial charge in [-0.05, 0) is 43.4 Å². The molecule has 1 saturated heterocycles. The van der Waals surface area contributed by atoms with Crippen LogP contribution < -0.4 is 10.5 Å². The zero-order valence-corrected chi connectivity index (χ0v) is 10.4. The summed E-state index contributed by atoms with van der Waals surface area (Å²) in [5.74, 6) is 0.870. The molecule has 17 heavy (non-hydrogen) atoms. The van der Waals surface area contributed by atoms with E-state index in [1.54, 1.807) is 7.11 Å². The van der Waals surface area contributed by atoms with Gasteiger partial charge in [0.25, 0.3) is 0 Å². The highest BCUT2D eigenvalue weighted by Gasteiger charge is 2.18. The average molecular weight is 235 g/mol. The molecule has 0 saturated carbocycles. The van der Waals surface area contributed by atoms with Gasteiger partial charge >= 0.3 is 0 Å². The predicted molar refractivity (Wildman–Crippen MR) is 68.1 cm³/mol. The van der Waals surface area contributed by atoms with Crippen molar-refractivity contribution in [3.8, 4) is 5.75 Å². The van der Waals surface area contributed by atoms with Gasteiger partial charge in [-0.2, -0.15) is 0 Å². The summed E-state index contributed by atoms with van der Waals surface area (Å²) in [5.41, 5.74) is 7.35. The van der Waals surface area contributed by atoms with E-state index in [0.29, 0.717) is 6.10 Å². The zero-order valence-electron chi connectivity index (χ0n) is 10.4. The molecule has 1 aromatic carbocycles. The molecule has 3 heteroatoms. The molecule has 94 valence electrons. The lowest BCUT2D eigenvalue weighted by molar-refractivity contribution is 0.00729. The second-order valence-electron chi connectivity index (χ2n) is 4.60. The Kier molecular flexibility index (Phi) is 4.40. The van der Waals surface area contributed by atoms with E-state index < -0.39 is 0 Å². The summed E-state index contributed by atoms with van der Waals surface area (Å²) in [6.45, 7) is 0.889. The molecule has 0 bridgehead atoms. The molecule has 2 rings (SSSR count). The van der Waals surface area contributed by atoms with E-state index in [1.165, 1.54) is 12.8 Å². The molecule has 2 N–H and O–H groups in total. The first-order valence-corrected chi connectivity index (χ1v) is 6.30. The van der Waals surface area contributed by atoms with Crippen molar-refractivity contribution >= 4 is 0 Å². The molecule has 1 aliphatic heterocycles. The van der Waals surface area contributed by atoms with Crippen LogP contribution in [0.2, 0.25) is 0 Å². The number of methoxy groups -OCH3 is 1. The molecule has 2 unspecified atom stereocenters. The van der Waals surface area contributed by atoms with Crippen molar-refractivity contribution in [3.05, 3.63) is 29.8 Å². The van der Waals surface area contributed by atoms with Crippen LogP contribution in [0.4, 0.5) is 0 Å². The van der Waals surface area contributed by atoms with E-state index in [0.717, 1.165) is 30.8 Å². The highest BCUT2D eigenvalue weighted by molar-refractivity contribution is 5.28. The maximum atomic E-state index is 6.20. The molecule has 2 atom stereocenters.